The van der Waals surface area contributed by atoms with Gasteiger partial charge in [-0.1, -0.05) is 6.07 Å². The summed E-state index contributed by atoms with van der Waals surface area (Å²) < 4.78 is 5.92. The third-order valence-corrected chi connectivity index (χ3v) is 4.58. The van der Waals surface area contributed by atoms with Gasteiger partial charge in [-0.25, -0.2) is 4.98 Å². The molecular formula is C21H21N5O3. The number of fused-ring (bicyclic) bond motifs is 1. The topological polar surface area (TPSA) is 123 Å². The van der Waals surface area contributed by atoms with Gasteiger partial charge in [0.15, 0.2) is 11.6 Å². The van der Waals surface area contributed by atoms with E-state index in [4.69, 9.17) is 10.2 Å². The number of nitrogens with one attached hydrogen (secondary N) is 2. The van der Waals surface area contributed by atoms with Crippen LogP contribution in [0.25, 0.3) is 33.9 Å². The Morgan fingerprint density at radius 3 is 2.52 bits per heavy atom. The van der Waals surface area contributed by atoms with Crippen molar-refractivity contribution < 1.29 is 9.34 Å². The van der Waals surface area contributed by atoms with Crippen LogP contribution in [-0.2, 0) is 0 Å². The van der Waals surface area contributed by atoms with Crippen LogP contribution in [0.4, 0.5) is 5.69 Å². The van der Waals surface area contributed by atoms with Crippen molar-refractivity contribution in [1.29, 1.82) is 0 Å². The third kappa shape index (κ3) is 3.89. The number of nitrogens with zero attached hydrogens (tertiary/aromatic N) is 2. The summed E-state index contributed by atoms with van der Waals surface area (Å²) in [6.07, 6.45) is -0.261. The Hall–Kier alpha value is -3.49. The van der Waals surface area contributed by atoms with E-state index in [1.807, 2.05) is 44.2 Å². The lowest BCUT2D eigenvalue weighted by molar-refractivity contribution is -0.384. The Balaban J connectivity index is 1.61. The lowest BCUT2D eigenvalue weighted by Crippen LogP contribution is -2.33. The lowest BCUT2D eigenvalue weighted by Gasteiger charge is -2.16. The molecule has 4 N–H and O–H groups in total. The lowest BCUT2D eigenvalue weighted by atomic mass is 10.1. The molecule has 0 aliphatic carbocycles. The molecule has 0 radical (unpaired) electrons. The molecule has 0 bridgehead atoms. The number of aromatic amines is 1. The molecule has 0 fully saturated rings. The maximum Gasteiger partial charge on any atom is 0.269 e. The molecule has 2 aromatic carbocycles. The van der Waals surface area contributed by atoms with Gasteiger partial charge in [0.05, 0.1) is 22.1 Å². The first-order chi connectivity index (χ1) is 13.9. The van der Waals surface area contributed by atoms with Crippen LogP contribution in [0.15, 0.2) is 59.0 Å². The van der Waals surface area contributed by atoms with Crippen LogP contribution in [0.2, 0.25) is 0 Å². The second kappa shape index (κ2) is 7.50. The smallest absolute Gasteiger partial charge is 0.269 e. The van der Waals surface area contributed by atoms with Crippen molar-refractivity contribution in [3.8, 4) is 22.9 Å². The molecule has 0 aliphatic heterocycles. The van der Waals surface area contributed by atoms with Gasteiger partial charge in [0.2, 0.25) is 0 Å². The number of imidazole rings is 1. The Morgan fingerprint density at radius 1 is 1.10 bits per heavy atom. The number of hydrogen-bond donors (Lipinski definition) is 3. The summed E-state index contributed by atoms with van der Waals surface area (Å²) in [4.78, 5) is 18.2. The monoisotopic (exact) mass is 391 g/mol. The van der Waals surface area contributed by atoms with Crippen LogP contribution in [0.3, 0.4) is 0 Å². The van der Waals surface area contributed by atoms with E-state index in [1.165, 1.54) is 12.1 Å². The average molecular weight is 391 g/mol. The van der Waals surface area contributed by atoms with E-state index in [0.29, 0.717) is 17.3 Å². The molecule has 2 heterocycles. The zero-order valence-corrected chi connectivity index (χ0v) is 16.0. The average Bonchev–Trinajstić information content (AvgIpc) is 3.34. The van der Waals surface area contributed by atoms with Crippen molar-refractivity contribution in [2.24, 2.45) is 5.73 Å². The van der Waals surface area contributed by atoms with E-state index in [0.717, 1.165) is 22.2 Å². The van der Waals surface area contributed by atoms with Crippen LogP contribution >= 0.6 is 0 Å². The molecule has 8 heteroatoms. The molecular weight excluding hydrogens is 370 g/mol. The third-order valence-electron chi connectivity index (χ3n) is 4.58. The highest BCUT2D eigenvalue weighted by atomic mass is 16.6. The molecule has 1 unspecified atom stereocenters. The Kier molecular flexibility index (Phi) is 4.87. The number of hydrogen-bond acceptors (Lipinski definition) is 6. The van der Waals surface area contributed by atoms with Gasteiger partial charge in [0.25, 0.3) is 5.69 Å². The molecule has 0 aliphatic rings. The number of nitrogens with two attached hydrogens (primary N) is 1. The molecule has 4 rings (SSSR count). The highest BCUT2D eigenvalue weighted by molar-refractivity contribution is 5.79. The number of furan rings is 1. The predicted molar refractivity (Wildman–Crippen MR) is 111 cm³/mol. The van der Waals surface area contributed by atoms with Crippen molar-refractivity contribution in [2.45, 2.75) is 26.1 Å². The number of benzene rings is 2. The molecule has 0 spiro atoms. The maximum absolute atomic E-state index is 10.8. The van der Waals surface area contributed by atoms with E-state index in [2.05, 4.69) is 15.3 Å². The van der Waals surface area contributed by atoms with Crippen molar-refractivity contribution in [3.63, 3.8) is 0 Å². The summed E-state index contributed by atoms with van der Waals surface area (Å²) in [5.41, 5.74) is 9.64. The van der Waals surface area contributed by atoms with Crippen LogP contribution in [0.5, 0.6) is 0 Å². The maximum atomic E-state index is 10.8. The molecule has 148 valence electrons. The second-order valence-electron chi connectivity index (χ2n) is 7.13. The fourth-order valence-electron chi connectivity index (χ4n) is 3.16. The van der Waals surface area contributed by atoms with Crippen molar-refractivity contribution in [1.82, 2.24) is 15.3 Å². The van der Waals surface area contributed by atoms with E-state index in [1.54, 1.807) is 12.1 Å². The second-order valence-corrected chi connectivity index (χ2v) is 7.13. The predicted octanol–water partition coefficient (Wildman–Crippen LogP) is 4.35. The largest absolute Gasteiger partial charge is 0.453 e. The summed E-state index contributed by atoms with van der Waals surface area (Å²) in [5.74, 6) is 1.80. The summed E-state index contributed by atoms with van der Waals surface area (Å²) in [7, 11) is 0. The number of aromatic nitrogens is 2. The first kappa shape index (κ1) is 18.9. The summed E-state index contributed by atoms with van der Waals surface area (Å²) in [6, 6.07) is 16.0. The number of H-pyrrole nitrogens is 1. The Morgan fingerprint density at radius 2 is 1.83 bits per heavy atom. The molecule has 1 atom stereocenters. The molecule has 0 saturated heterocycles. The SMILES string of the molecule is CC(C)NC(N)c1ccc2nc(-c3ccc(-c4ccc([N+](=O)[O-])cc4)o3)[nH]c2c1. The zero-order valence-electron chi connectivity index (χ0n) is 16.0. The number of nitro benzene ring substituents is 1. The summed E-state index contributed by atoms with van der Waals surface area (Å²) >= 11 is 0. The first-order valence-electron chi connectivity index (χ1n) is 9.27. The Labute approximate surface area is 166 Å². The normalized spacial score (nSPS) is 12.6. The standard InChI is InChI=1S/C21H21N5O3/c1-12(2)23-20(22)14-5-8-16-17(11-14)25-21(24-16)19-10-9-18(29-19)13-3-6-15(7-4-13)26(27)28/h3-12,20,23H,22H2,1-2H3,(H,24,25). The van der Waals surface area contributed by atoms with E-state index in [-0.39, 0.29) is 17.9 Å². The van der Waals surface area contributed by atoms with Crippen molar-refractivity contribution in [3.05, 3.63) is 70.3 Å². The molecule has 0 saturated carbocycles. The number of non-ortho nitro benzene ring substituents is 1. The minimum atomic E-state index is -0.428. The first-order valence-corrected chi connectivity index (χ1v) is 9.27. The molecule has 4 aromatic rings. The minimum Gasteiger partial charge on any atom is -0.453 e. The Bertz CT molecular complexity index is 1160. The van der Waals surface area contributed by atoms with Crippen LogP contribution in [0.1, 0.15) is 25.6 Å². The van der Waals surface area contributed by atoms with Gasteiger partial charge in [-0.15, -0.1) is 0 Å². The van der Waals surface area contributed by atoms with Gasteiger partial charge in [0.1, 0.15) is 5.76 Å². The van der Waals surface area contributed by atoms with Gasteiger partial charge in [-0.3, -0.25) is 15.4 Å². The highest BCUT2D eigenvalue weighted by Gasteiger charge is 2.14. The fraction of sp³-hybridized carbons (Fsp3) is 0.190. The van der Waals surface area contributed by atoms with Gasteiger partial charge in [-0.05, 0) is 55.8 Å². The quantitative estimate of drug-likeness (QED) is 0.255. The fourth-order valence-corrected chi connectivity index (χ4v) is 3.16. The van der Waals surface area contributed by atoms with E-state index >= 15 is 0 Å². The van der Waals surface area contributed by atoms with Gasteiger partial charge >= 0.3 is 0 Å². The number of rotatable bonds is 6. The summed E-state index contributed by atoms with van der Waals surface area (Å²) in [5, 5.41) is 14.1. The summed E-state index contributed by atoms with van der Waals surface area (Å²) in [6.45, 7) is 4.10. The minimum absolute atomic E-state index is 0.0405. The van der Waals surface area contributed by atoms with Gasteiger partial charge in [-0.2, -0.15) is 0 Å². The molecule has 0 amide bonds. The highest BCUT2D eigenvalue weighted by Crippen LogP contribution is 2.29. The van der Waals surface area contributed by atoms with Gasteiger partial charge in [0, 0.05) is 23.7 Å². The molecule has 29 heavy (non-hydrogen) atoms. The molecule has 2 aromatic heterocycles. The van der Waals surface area contributed by atoms with E-state index < -0.39 is 4.92 Å². The van der Waals surface area contributed by atoms with Crippen molar-refractivity contribution >= 4 is 16.7 Å². The van der Waals surface area contributed by atoms with E-state index in [9.17, 15) is 10.1 Å². The zero-order chi connectivity index (χ0) is 20.5. The molecule has 8 nitrogen and oxygen atoms in total. The number of nitro groups is 1. The van der Waals surface area contributed by atoms with Crippen molar-refractivity contribution in [2.75, 3.05) is 0 Å². The van der Waals surface area contributed by atoms with Gasteiger partial charge < -0.3 is 15.1 Å². The van der Waals surface area contributed by atoms with Crippen LogP contribution in [-0.4, -0.2) is 20.9 Å². The van der Waals surface area contributed by atoms with Crippen LogP contribution < -0.4 is 11.1 Å². The van der Waals surface area contributed by atoms with Crippen LogP contribution in [0, 0.1) is 10.1 Å².